The van der Waals surface area contributed by atoms with Crippen molar-refractivity contribution in [1.82, 2.24) is 9.44 Å². The summed E-state index contributed by atoms with van der Waals surface area (Å²) in [6.07, 6.45) is 0. The summed E-state index contributed by atoms with van der Waals surface area (Å²) in [5, 5.41) is 0. The van der Waals surface area contributed by atoms with Gasteiger partial charge in [0.1, 0.15) is 8.64 Å². The Hall–Kier alpha value is 1.18. The van der Waals surface area contributed by atoms with Gasteiger partial charge in [-0.2, -0.15) is 0 Å². The summed E-state index contributed by atoms with van der Waals surface area (Å²) in [5.41, 5.74) is 0. The molecule has 0 spiro atoms. The van der Waals surface area contributed by atoms with E-state index in [0.29, 0.717) is 8.64 Å². The van der Waals surface area contributed by atoms with Crippen LogP contribution < -0.4 is 9.44 Å². The third-order valence-electron chi connectivity index (χ3n) is 0.300. The zero-order valence-corrected chi connectivity index (χ0v) is 9.58. The normalized spacial score (nSPS) is 8.60. The molecule has 0 aromatic carbocycles. The first-order valence-electron chi connectivity index (χ1n) is 1.93. The van der Waals surface area contributed by atoms with Crippen LogP contribution in [0.4, 0.5) is 0 Å². The smallest absolute Gasteiger partial charge is 0.141 e. The van der Waals surface area contributed by atoms with Gasteiger partial charge in [0.05, 0.1) is 0 Å². The number of hydrogen-bond donors (Lipinski definition) is 4. The minimum Gasteiger partial charge on any atom is -0.305 e. The number of thiol groups is 2. The Morgan fingerprint density at radius 2 is 1.30 bits per heavy atom. The molecule has 58 valence electrons. The van der Waals surface area contributed by atoms with E-state index in [1.54, 1.807) is 0 Å². The summed E-state index contributed by atoms with van der Waals surface area (Å²) < 4.78 is 6.31. The lowest BCUT2D eigenvalue weighted by Gasteiger charge is -2.00. The minimum absolute atomic E-state index is 0.435. The molecule has 0 unspecified atom stereocenters. The van der Waals surface area contributed by atoms with Gasteiger partial charge in [-0.25, -0.2) is 0 Å². The summed E-state index contributed by atoms with van der Waals surface area (Å²) in [5.74, 6) is 0. The van der Waals surface area contributed by atoms with Crippen LogP contribution >= 0.6 is 71.7 Å². The number of rotatable bonds is 3. The number of thiocarbonyl (C=S) groups is 2. The van der Waals surface area contributed by atoms with Crippen molar-refractivity contribution in [3.8, 4) is 0 Å². The van der Waals surface area contributed by atoms with E-state index in [-0.39, 0.29) is 0 Å². The molecule has 8 heteroatoms. The first-order chi connectivity index (χ1) is 4.63. The van der Waals surface area contributed by atoms with Gasteiger partial charge in [0.2, 0.25) is 0 Å². The van der Waals surface area contributed by atoms with Crippen molar-refractivity contribution in [3.63, 3.8) is 0 Å². The molecule has 0 bridgehead atoms. The van der Waals surface area contributed by atoms with Crippen LogP contribution in [0.5, 0.6) is 0 Å². The Balaban J connectivity index is 3.06. The molecule has 10 heavy (non-hydrogen) atoms. The Morgan fingerprint density at radius 1 is 1.00 bits per heavy atom. The predicted molar refractivity (Wildman–Crippen MR) is 64.6 cm³/mol. The molecule has 0 rings (SSSR count). The van der Waals surface area contributed by atoms with Crippen LogP contribution in [0, 0.1) is 0 Å². The standard InChI is InChI=1S/C2H4N2S6/c5-1(6)3-9-10-4-2(7)8/h(H2,3,5,6)(H2,4,7,8). The average Bonchev–Trinajstić information content (AvgIpc) is 1.79. The molecule has 2 nitrogen and oxygen atoms in total. The highest BCUT2D eigenvalue weighted by Gasteiger charge is 1.89. The van der Waals surface area contributed by atoms with Crippen LogP contribution in [-0.2, 0) is 0 Å². The van der Waals surface area contributed by atoms with E-state index < -0.39 is 0 Å². The van der Waals surface area contributed by atoms with Gasteiger partial charge in [0, 0.05) is 22.0 Å². The maximum Gasteiger partial charge on any atom is 0.141 e. The molecule has 0 atom stereocenters. The molecule has 0 amide bonds. The minimum atomic E-state index is 0.435. The molecule has 0 aliphatic rings. The van der Waals surface area contributed by atoms with Gasteiger partial charge in [0.25, 0.3) is 0 Å². The molecule has 0 aliphatic carbocycles. The second kappa shape index (κ2) is 6.86. The van der Waals surface area contributed by atoms with Crippen molar-refractivity contribution in [2.24, 2.45) is 0 Å². The van der Waals surface area contributed by atoms with Crippen LogP contribution in [0.15, 0.2) is 0 Å². The molecule has 0 fully saturated rings. The highest BCUT2D eigenvalue weighted by Crippen LogP contribution is 2.13. The highest BCUT2D eigenvalue weighted by atomic mass is 33.1. The fourth-order valence-electron chi connectivity index (χ4n) is 0.113. The van der Waals surface area contributed by atoms with Crippen molar-refractivity contribution in [2.45, 2.75) is 0 Å². The first kappa shape index (κ1) is 11.2. The fraction of sp³-hybridized carbons (Fsp3) is 0. The van der Waals surface area contributed by atoms with Crippen molar-refractivity contribution >= 4 is 80.3 Å². The van der Waals surface area contributed by atoms with Crippen LogP contribution in [-0.4, -0.2) is 8.64 Å². The Kier molecular flexibility index (Phi) is 7.67. The van der Waals surface area contributed by atoms with Crippen LogP contribution in [0.2, 0.25) is 0 Å². The van der Waals surface area contributed by atoms with Crippen molar-refractivity contribution in [3.05, 3.63) is 0 Å². The zero-order valence-electron chi connectivity index (χ0n) is 4.53. The Bertz CT molecular complexity index is 118. The van der Waals surface area contributed by atoms with E-state index in [1.165, 1.54) is 22.0 Å². The van der Waals surface area contributed by atoms with Gasteiger partial charge >= 0.3 is 0 Å². The third kappa shape index (κ3) is 9.18. The van der Waals surface area contributed by atoms with Crippen LogP contribution in [0.25, 0.3) is 0 Å². The highest BCUT2D eigenvalue weighted by molar-refractivity contribution is 8.75. The van der Waals surface area contributed by atoms with Crippen LogP contribution in [0.1, 0.15) is 0 Å². The predicted octanol–water partition coefficient (Wildman–Crippen LogP) is 1.81. The van der Waals surface area contributed by atoms with E-state index in [1.807, 2.05) is 0 Å². The Morgan fingerprint density at radius 3 is 1.50 bits per heavy atom. The maximum atomic E-state index is 4.61. The first-order valence-corrected chi connectivity index (χ1v) is 5.79. The van der Waals surface area contributed by atoms with Gasteiger partial charge in [-0.3, -0.25) is 0 Å². The largest absolute Gasteiger partial charge is 0.305 e. The zero-order chi connectivity index (χ0) is 7.98. The van der Waals surface area contributed by atoms with Crippen molar-refractivity contribution < 1.29 is 0 Å². The average molecular weight is 248 g/mol. The molecule has 0 saturated heterocycles. The monoisotopic (exact) mass is 248 g/mol. The molecule has 0 heterocycles. The van der Waals surface area contributed by atoms with Gasteiger partial charge in [0.15, 0.2) is 0 Å². The molecule has 0 aromatic heterocycles. The molecule has 0 saturated carbocycles. The third-order valence-corrected chi connectivity index (χ3v) is 2.70. The van der Waals surface area contributed by atoms with Gasteiger partial charge < -0.3 is 9.44 Å². The maximum absolute atomic E-state index is 4.61. The summed E-state index contributed by atoms with van der Waals surface area (Å²) in [4.78, 5) is 0. The topological polar surface area (TPSA) is 24.1 Å². The molecule has 0 aromatic rings. The fourth-order valence-corrected chi connectivity index (χ4v) is 2.30. The van der Waals surface area contributed by atoms with Gasteiger partial charge in [-0.05, 0) is 0 Å². The number of hydrogen-bond acceptors (Lipinski definition) is 4. The summed E-state index contributed by atoms with van der Waals surface area (Å²) in [6, 6.07) is 0. The summed E-state index contributed by atoms with van der Waals surface area (Å²) >= 11 is 16.9. The summed E-state index contributed by atoms with van der Waals surface area (Å²) in [7, 11) is 2.58. The van der Waals surface area contributed by atoms with E-state index in [2.05, 4.69) is 59.1 Å². The quantitative estimate of drug-likeness (QED) is 0.200. The lowest BCUT2D eigenvalue weighted by molar-refractivity contribution is 1.65. The molecule has 0 radical (unpaired) electrons. The van der Waals surface area contributed by atoms with Gasteiger partial charge in [-0.1, -0.05) is 24.4 Å². The summed E-state index contributed by atoms with van der Waals surface area (Å²) in [6.45, 7) is 0. The molecular weight excluding hydrogens is 244 g/mol. The lowest BCUT2D eigenvalue weighted by atomic mass is 11.5. The second-order valence-corrected chi connectivity index (χ2v) is 5.04. The Labute approximate surface area is 89.1 Å². The van der Waals surface area contributed by atoms with Crippen molar-refractivity contribution in [1.29, 1.82) is 0 Å². The van der Waals surface area contributed by atoms with E-state index >= 15 is 0 Å². The molecular formula is C2H4N2S6. The van der Waals surface area contributed by atoms with Crippen LogP contribution in [0.3, 0.4) is 0 Å². The van der Waals surface area contributed by atoms with Crippen molar-refractivity contribution in [2.75, 3.05) is 0 Å². The SMILES string of the molecule is S=C(S)NSSNC(=S)S. The second-order valence-electron chi connectivity index (χ2n) is 0.981. The van der Waals surface area contributed by atoms with E-state index in [9.17, 15) is 0 Å². The lowest BCUT2D eigenvalue weighted by Crippen LogP contribution is -2.08. The van der Waals surface area contributed by atoms with E-state index in [4.69, 9.17) is 0 Å². The van der Waals surface area contributed by atoms with E-state index in [0.717, 1.165) is 0 Å². The molecule has 0 aliphatic heterocycles. The number of nitrogens with one attached hydrogen (secondary N) is 2. The molecule has 2 N–H and O–H groups in total. The van der Waals surface area contributed by atoms with Gasteiger partial charge in [-0.15, -0.1) is 25.3 Å².